The summed E-state index contributed by atoms with van der Waals surface area (Å²) in [4.78, 5) is 0. The van der Waals surface area contributed by atoms with Crippen molar-refractivity contribution in [3.8, 4) is 0 Å². The van der Waals surface area contributed by atoms with E-state index in [2.05, 4.69) is 58.0 Å². The molecule has 0 radical (unpaired) electrons. The maximum Gasteiger partial charge on any atom is 0.101 e. The molecule has 0 bridgehead atoms. The Morgan fingerprint density at radius 1 is 1.20 bits per heavy atom. The van der Waals surface area contributed by atoms with Crippen LogP contribution in [0.3, 0.4) is 0 Å². The quantitative estimate of drug-likeness (QED) is 0.655. The summed E-state index contributed by atoms with van der Waals surface area (Å²) in [5.41, 5.74) is 2.46. The molecule has 1 aromatic rings. The van der Waals surface area contributed by atoms with Crippen LogP contribution in [0.2, 0.25) is 0 Å². The highest BCUT2D eigenvalue weighted by Gasteiger charge is 2.31. The third-order valence-corrected chi connectivity index (χ3v) is 4.61. The molecule has 1 nitrogen and oxygen atoms in total. The molecule has 1 aliphatic rings. The lowest BCUT2D eigenvalue weighted by Gasteiger charge is -2.36. The van der Waals surface area contributed by atoms with E-state index in [4.69, 9.17) is 4.74 Å². The summed E-state index contributed by atoms with van der Waals surface area (Å²) in [7, 11) is 0. The van der Waals surface area contributed by atoms with Gasteiger partial charge in [-0.2, -0.15) is 0 Å². The molecule has 0 saturated heterocycles. The highest BCUT2D eigenvalue weighted by Crippen LogP contribution is 2.35. The Bertz CT molecular complexity index is 432. The molecule has 3 atom stereocenters. The lowest BCUT2D eigenvalue weighted by molar-refractivity contribution is 0.0141. The zero-order valence-corrected chi connectivity index (χ0v) is 13.3. The molecule has 0 aliphatic heterocycles. The Morgan fingerprint density at radius 3 is 2.55 bits per heavy atom. The summed E-state index contributed by atoms with van der Waals surface area (Å²) in [5, 5.41) is 0. The average Bonchev–Trinajstić information content (AvgIpc) is 2.45. The van der Waals surface area contributed by atoms with Crippen LogP contribution in [-0.2, 0) is 4.74 Å². The summed E-state index contributed by atoms with van der Waals surface area (Å²) in [6, 6.07) is 10.5. The molecule has 0 spiro atoms. The lowest BCUT2D eigenvalue weighted by atomic mass is 9.75. The molecule has 1 aliphatic carbocycles. The van der Waals surface area contributed by atoms with Gasteiger partial charge < -0.3 is 4.74 Å². The fourth-order valence-electron chi connectivity index (χ4n) is 3.23. The molecular formula is C19H28O. The van der Waals surface area contributed by atoms with Crippen molar-refractivity contribution in [1.29, 1.82) is 0 Å². The molecule has 2 rings (SSSR count). The summed E-state index contributed by atoms with van der Waals surface area (Å²) >= 11 is 0. The maximum absolute atomic E-state index is 6.18. The minimum atomic E-state index is 0.386. The second-order valence-electron chi connectivity index (χ2n) is 6.67. The standard InChI is InChI=1S/C19H28O/c1-14(2)18-11-10-15(3)12-19(18)20-13-16(4)17-8-6-5-7-9-17/h5-9,13-15,18-19H,10-12H2,1-4H3/t15?,18-,19+/m0/s1. The van der Waals surface area contributed by atoms with E-state index in [-0.39, 0.29) is 0 Å². The molecular weight excluding hydrogens is 244 g/mol. The Balaban J connectivity index is 2.03. The molecule has 1 unspecified atom stereocenters. The fraction of sp³-hybridized carbons (Fsp3) is 0.579. The first-order chi connectivity index (χ1) is 9.58. The molecule has 1 heteroatoms. The van der Waals surface area contributed by atoms with Crippen molar-refractivity contribution in [2.75, 3.05) is 0 Å². The van der Waals surface area contributed by atoms with Gasteiger partial charge in [0.15, 0.2) is 0 Å². The van der Waals surface area contributed by atoms with E-state index < -0.39 is 0 Å². The van der Waals surface area contributed by atoms with E-state index in [1.54, 1.807) is 0 Å². The van der Waals surface area contributed by atoms with E-state index in [1.807, 2.05) is 6.26 Å². The van der Waals surface area contributed by atoms with Crippen molar-refractivity contribution in [3.63, 3.8) is 0 Å². The first-order valence-electron chi connectivity index (χ1n) is 7.95. The molecule has 20 heavy (non-hydrogen) atoms. The largest absolute Gasteiger partial charge is 0.497 e. The van der Waals surface area contributed by atoms with Gasteiger partial charge in [0.1, 0.15) is 6.10 Å². The van der Waals surface area contributed by atoms with Gasteiger partial charge in [0.2, 0.25) is 0 Å². The number of benzene rings is 1. The minimum absolute atomic E-state index is 0.386. The Hall–Kier alpha value is -1.24. The van der Waals surface area contributed by atoms with Gasteiger partial charge in [-0.05, 0) is 48.7 Å². The lowest BCUT2D eigenvalue weighted by Crippen LogP contribution is -2.33. The number of rotatable bonds is 4. The molecule has 0 N–H and O–H groups in total. The molecule has 0 aromatic heterocycles. The topological polar surface area (TPSA) is 9.23 Å². The normalized spacial score (nSPS) is 27.6. The van der Waals surface area contributed by atoms with Crippen molar-refractivity contribution in [2.45, 2.75) is 53.1 Å². The summed E-state index contributed by atoms with van der Waals surface area (Å²) < 4.78 is 6.18. The van der Waals surface area contributed by atoms with Gasteiger partial charge >= 0.3 is 0 Å². The fourth-order valence-corrected chi connectivity index (χ4v) is 3.23. The monoisotopic (exact) mass is 272 g/mol. The van der Waals surface area contributed by atoms with E-state index in [1.165, 1.54) is 30.4 Å². The van der Waals surface area contributed by atoms with Crippen LogP contribution in [0.15, 0.2) is 36.6 Å². The van der Waals surface area contributed by atoms with Crippen LogP contribution < -0.4 is 0 Å². The van der Waals surface area contributed by atoms with E-state index in [9.17, 15) is 0 Å². The van der Waals surface area contributed by atoms with E-state index in [0.717, 1.165) is 5.92 Å². The van der Waals surface area contributed by atoms with Crippen molar-refractivity contribution in [1.82, 2.24) is 0 Å². The molecule has 1 saturated carbocycles. The van der Waals surface area contributed by atoms with Gasteiger partial charge in [-0.3, -0.25) is 0 Å². The minimum Gasteiger partial charge on any atom is -0.497 e. The summed E-state index contributed by atoms with van der Waals surface area (Å²) in [6.07, 6.45) is 6.22. The van der Waals surface area contributed by atoms with Gasteiger partial charge in [0, 0.05) is 0 Å². The zero-order chi connectivity index (χ0) is 14.5. The van der Waals surface area contributed by atoms with E-state index >= 15 is 0 Å². The third-order valence-electron chi connectivity index (χ3n) is 4.61. The number of hydrogen-bond acceptors (Lipinski definition) is 1. The first-order valence-corrected chi connectivity index (χ1v) is 7.95. The van der Waals surface area contributed by atoms with Crippen molar-refractivity contribution in [3.05, 3.63) is 42.2 Å². The van der Waals surface area contributed by atoms with E-state index in [0.29, 0.717) is 17.9 Å². The Morgan fingerprint density at radius 2 is 1.90 bits per heavy atom. The maximum atomic E-state index is 6.18. The zero-order valence-electron chi connectivity index (χ0n) is 13.3. The van der Waals surface area contributed by atoms with Crippen molar-refractivity contribution < 1.29 is 4.74 Å². The SMILES string of the molecule is CC(=CO[C@@H]1CC(C)CC[C@H]1C(C)C)c1ccccc1. The van der Waals surface area contributed by atoms with Crippen molar-refractivity contribution >= 4 is 5.57 Å². The summed E-state index contributed by atoms with van der Waals surface area (Å²) in [5.74, 6) is 2.20. The van der Waals surface area contributed by atoms with Gasteiger partial charge in [-0.15, -0.1) is 0 Å². The molecule has 0 heterocycles. The van der Waals surface area contributed by atoms with Crippen LogP contribution >= 0.6 is 0 Å². The van der Waals surface area contributed by atoms with Gasteiger partial charge in [0.05, 0.1) is 6.26 Å². The molecule has 0 amide bonds. The number of allylic oxidation sites excluding steroid dienone is 1. The predicted octanol–water partition coefficient (Wildman–Crippen LogP) is 5.52. The highest BCUT2D eigenvalue weighted by atomic mass is 16.5. The Kier molecular flexibility index (Phi) is 5.28. The van der Waals surface area contributed by atoms with Gasteiger partial charge in [-0.25, -0.2) is 0 Å². The van der Waals surface area contributed by atoms with Crippen LogP contribution in [0.4, 0.5) is 0 Å². The molecule has 1 aromatic carbocycles. The van der Waals surface area contributed by atoms with Crippen LogP contribution in [0.25, 0.3) is 5.57 Å². The highest BCUT2D eigenvalue weighted by molar-refractivity contribution is 5.62. The molecule has 110 valence electrons. The second-order valence-corrected chi connectivity index (χ2v) is 6.67. The Labute approximate surface area is 124 Å². The smallest absolute Gasteiger partial charge is 0.101 e. The second kappa shape index (κ2) is 6.97. The van der Waals surface area contributed by atoms with Crippen LogP contribution in [0.1, 0.15) is 52.5 Å². The third kappa shape index (κ3) is 3.88. The van der Waals surface area contributed by atoms with Crippen LogP contribution in [0, 0.1) is 17.8 Å². The van der Waals surface area contributed by atoms with Gasteiger partial charge in [-0.1, -0.05) is 57.5 Å². The molecule has 1 fully saturated rings. The predicted molar refractivity (Wildman–Crippen MR) is 86.3 cm³/mol. The average molecular weight is 272 g/mol. The number of ether oxygens (including phenoxy) is 1. The van der Waals surface area contributed by atoms with Crippen LogP contribution in [0.5, 0.6) is 0 Å². The van der Waals surface area contributed by atoms with Crippen LogP contribution in [-0.4, -0.2) is 6.10 Å². The first kappa shape index (κ1) is 15.2. The summed E-state index contributed by atoms with van der Waals surface area (Å²) in [6.45, 7) is 9.13. The van der Waals surface area contributed by atoms with Crippen molar-refractivity contribution in [2.24, 2.45) is 17.8 Å². The van der Waals surface area contributed by atoms with Gasteiger partial charge in [0.25, 0.3) is 0 Å². The number of hydrogen-bond donors (Lipinski definition) is 0.